The van der Waals surface area contributed by atoms with Crippen LogP contribution >= 0.6 is 11.3 Å². The average Bonchev–Trinajstić information content (AvgIpc) is 2.84. The molecule has 21 heavy (non-hydrogen) atoms. The maximum absolute atomic E-state index is 5.85. The average molecular weight is 302 g/mol. The van der Waals surface area contributed by atoms with Gasteiger partial charge < -0.3 is 4.74 Å². The molecule has 0 amide bonds. The minimum atomic E-state index is 0.268. The van der Waals surface area contributed by atoms with E-state index < -0.39 is 0 Å². The first-order chi connectivity index (χ1) is 9.99. The van der Waals surface area contributed by atoms with E-state index in [0.29, 0.717) is 6.10 Å². The summed E-state index contributed by atoms with van der Waals surface area (Å²) in [6, 6.07) is 9.17. The van der Waals surface area contributed by atoms with Crippen molar-refractivity contribution < 1.29 is 4.74 Å². The Labute approximate surface area is 133 Å². The largest absolute Gasteiger partial charge is 0.376 e. The fourth-order valence-corrected chi connectivity index (χ4v) is 3.69. The summed E-state index contributed by atoms with van der Waals surface area (Å²) < 4.78 is 5.85. The first-order valence-corrected chi connectivity index (χ1v) is 8.70. The number of hydrogen-bond donors (Lipinski definition) is 0. The number of hydrogen-bond acceptors (Lipinski definition) is 2. The highest BCUT2D eigenvalue weighted by molar-refractivity contribution is 7.13. The van der Waals surface area contributed by atoms with E-state index in [1.807, 2.05) is 11.3 Å². The van der Waals surface area contributed by atoms with Crippen molar-refractivity contribution in [1.29, 1.82) is 0 Å². The van der Waals surface area contributed by atoms with Gasteiger partial charge in [0.15, 0.2) is 0 Å². The molecule has 1 aromatic heterocycles. The van der Waals surface area contributed by atoms with Gasteiger partial charge >= 0.3 is 0 Å². The predicted octanol–water partition coefficient (Wildman–Crippen LogP) is 5.64. The smallest absolute Gasteiger partial charge is 0.0590 e. The molecule has 0 N–H and O–H groups in total. The van der Waals surface area contributed by atoms with Crippen molar-refractivity contribution in [2.45, 2.75) is 59.7 Å². The van der Waals surface area contributed by atoms with Crippen LogP contribution in [0.5, 0.6) is 0 Å². The first-order valence-electron chi connectivity index (χ1n) is 7.82. The second-order valence-corrected chi connectivity index (χ2v) is 6.94. The van der Waals surface area contributed by atoms with Gasteiger partial charge in [-0.3, -0.25) is 0 Å². The number of benzene rings is 1. The van der Waals surface area contributed by atoms with Gasteiger partial charge in [-0.25, -0.2) is 0 Å². The highest BCUT2D eigenvalue weighted by atomic mass is 32.1. The molecule has 1 aromatic carbocycles. The van der Waals surface area contributed by atoms with E-state index in [1.54, 1.807) is 0 Å². The fourth-order valence-electron chi connectivity index (χ4n) is 2.72. The number of rotatable bonds is 6. The number of thiophene rings is 1. The molecule has 0 aliphatic rings. The molecule has 2 aromatic rings. The van der Waals surface area contributed by atoms with E-state index in [-0.39, 0.29) is 6.10 Å². The maximum atomic E-state index is 5.85. The summed E-state index contributed by atoms with van der Waals surface area (Å²) in [5.74, 6) is 0. The fraction of sp³-hybridized carbons (Fsp3) is 0.474. The highest BCUT2D eigenvalue weighted by Crippen LogP contribution is 2.31. The summed E-state index contributed by atoms with van der Waals surface area (Å²) in [5, 5.41) is 2.22. The molecule has 1 atom stereocenters. The molecule has 114 valence electrons. The Morgan fingerprint density at radius 3 is 2.48 bits per heavy atom. The van der Waals surface area contributed by atoms with E-state index >= 15 is 0 Å². The molecule has 0 saturated carbocycles. The zero-order chi connectivity index (χ0) is 15.4. The first kappa shape index (κ1) is 16.3. The molecular formula is C19H26OS. The Balaban J connectivity index is 2.20. The van der Waals surface area contributed by atoms with Crippen molar-refractivity contribution in [3.8, 4) is 10.4 Å². The monoisotopic (exact) mass is 302 g/mol. The van der Waals surface area contributed by atoms with E-state index in [0.717, 1.165) is 12.8 Å². The van der Waals surface area contributed by atoms with Crippen LogP contribution in [-0.4, -0.2) is 12.2 Å². The molecule has 1 heterocycles. The SMILES string of the molecule is CCc1cc(CC(C)OC(C)C)ccc1-c1cc(C)cs1. The molecule has 0 bridgehead atoms. The Morgan fingerprint density at radius 2 is 1.90 bits per heavy atom. The van der Waals surface area contributed by atoms with Gasteiger partial charge in [0.05, 0.1) is 12.2 Å². The summed E-state index contributed by atoms with van der Waals surface area (Å²) >= 11 is 1.84. The molecule has 0 radical (unpaired) electrons. The van der Waals surface area contributed by atoms with Gasteiger partial charge in [0, 0.05) is 4.88 Å². The van der Waals surface area contributed by atoms with Gasteiger partial charge in [0.1, 0.15) is 0 Å². The molecule has 0 aliphatic heterocycles. The molecule has 0 saturated heterocycles. The number of ether oxygens (including phenoxy) is 1. The molecule has 2 rings (SSSR count). The van der Waals surface area contributed by atoms with Gasteiger partial charge in [-0.05, 0) is 74.2 Å². The molecule has 0 fully saturated rings. The standard InChI is InChI=1S/C19H26OS/c1-6-17-11-16(10-15(5)20-13(2)3)7-8-18(17)19-9-14(4)12-21-19/h7-9,11-13,15H,6,10H2,1-5H3. The normalized spacial score (nSPS) is 12.9. The van der Waals surface area contributed by atoms with Gasteiger partial charge in [0.25, 0.3) is 0 Å². The van der Waals surface area contributed by atoms with Crippen LogP contribution in [0.4, 0.5) is 0 Å². The lowest BCUT2D eigenvalue weighted by molar-refractivity contribution is 0.0195. The Bertz CT molecular complexity index is 583. The van der Waals surface area contributed by atoms with Crippen molar-refractivity contribution in [2.75, 3.05) is 0 Å². The van der Waals surface area contributed by atoms with Crippen LogP contribution in [0.1, 0.15) is 44.4 Å². The second-order valence-electron chi connectivity index (χ2n) is 6.03. The third-order valence-electron chi connectivity index (χ3n) is 3.57. The molecule has 2 heteroatoms. The van der Waals surface area contributed by atoms with Crippen LogP contribution in [0.25, 0.3) is 10.4 Å². The molecular weight excluding hydrogens is 276 g/mol. The van der Waals surface area contributed by atoms with E-state index in [2.05, 4.69) is 64.3 Å². The summed E-state index contributed by atoms with van der Waals surface area (Å²) in [6.07, 6.45) is 2.61. The van der Waals surface area contributed by atoms with Gasteiger partial charge in [-0.2, -0.15) is 0 Å². The minimum absolute atomic E-state index is 0.268. The zero-order valence-electron chi connectivity index (χ0n) is 13.8. The Kier molecular flexibility index (Phi) is 5.60. The van der Waals surface area contributed by atoms with Crippen molar-refractivity contribution in [2.24, 2.45) is 0 Å². The van der Waals surface area contributed by atoms with Crippen molar-refractivity contribution >= 4 is 11.3 Å². The van der Waals surface area contributed by atoms with Gasteiger partial charge in [-0.15, -0.1) is 11.3 Å². The van der Waals surface area contributed by atoms with E-state index in [9.17, 15) is 0 Å². The van der Waals surface area contributed by atoms with Crippen LogP contribution in [0.15, 0.2) is 29.6 Å². The van der Waals surface area contributed by atoms with Crippen LogP contribution in [0.3, 0.4) is 0 Å². The summed E-state index contributed by atoms with van der Waals surface area (Å²) in [4.78, 5) is 1.38. The van der Waals surface area contributed by atoms with Crippen LogP contribution in [-0.2, 0) is 17.6 Å². The molecule has 1 unspecified atom stereocenters. The van der Waals surface area contributed by atoms with Crippen LogP contribution in [0, 0.1) is 6.92 Å². The summed E-state index contributed by atoms with van der Waals surface area (Å²) in [6.45, 7) is 10.7. The lowest BCUT2D eigenvalue weighted by atomic mass is 9.98. The van der Waals surface area contributed by atoms with Crippen molar-refractivity contribution in [3.63, 3.8) is 0 Å². The van der Waals surface area contributed by atoms with Crippen molar-refractivity contribution in [3.05, 3.63) is 46.3 Å². The highest BCUT2D eigenvalue weighted by Gasteiger charge is 2.10. The minimum Gasteiger partial charge on any atom is -0.376 e. The lowest BCUT2D eigenvalue weighted by Gasteiger charge is -2.17. The molecule has 0 spiro atoms. The van der Waals surface area contributed by atoms with Crippen LogP contribution in [0.2, 0.25) is 0 Å². The maximum Gasteiger partial charge on any atom is 0.0590 e. The van der Waals surface area contributed by atoms with E-state index in [1.165, 1.54) is 27.1 Å². The quantitative estimate of drug-likeness (QED) is 0.670. The third-order valence-corrected chi connectivity index (χ3v) is 4.66. The topological polar surface area (TPSA) is 9.23 Å². The predicted molar refractivity (Wildman–Crippen MR) is 93.3 cm³/mol. The van der Waals surface area contributed by atoms with Gasteiger partial charge in [0.2, 0.25) is 0 Å². The van der Waals surface area contributed by atoms with Crippen molar-refractivity contribution in [1.82, 2.24) is 0 Å². The molecule has 1 nitrogen and oxygen atoms in total. The zero-order valence-corrected chi connectivity index (χ0v) is 14.6. The number of aryl methyl sites for hydroxylation is 2. The molecule has 0 aliphatic carbocycles. The van der Waals surface area contributed by atoms with Gasteiger partial charge in [-0.1, -0.05) is 25.1 Å². The Morgan fingerprint density at radius 1 is 1.14 bits per heavy atom. The second kappa shape index (κ2) is 7.24. The Hall–Kier alpha value is -1.12. The van der Waals surface area contributed by atoms with Crippen LogP contribution < -0.4 is 0 Å². The summed E-state index contributed by atoms with van der Waals surface area (Å²) in [7, 11) is 0. The third kappa shape index (κ3) is 4.42. The van der Waals surface area contributed by atoms with E-state index in [4.69, 9.17) is 4.74 Å². The summed E-state index contributed by atoms with van der Waals surface area (Å²) in [5.41, 5.74) is 5.54. The lowest BCUT2D eigenvalue weighted by Crippen LogP contribution is -2.16.